The van der Waals surface area contributed by atoms with Crippen LogP contribution in [-0.2, 0) is 0 Å². The van der Waals surface area contributed by atoms with Gasteiger partial charge >= 0.3 is 0 Å². The van der Waals surface area contributed by atoms with Crippen LogP contribution in [-0.4, -0.2) is 0 Å². The maximum Gasteiger partial charge on any atom is -0.0257 e. The van der Waals surface area contributed by atoms with Crippen molar-refractivity contribution < 1.29 is 0 Å². The Balaban J connectivity index is 2.67. The molecule has 0 spiro atoms. The molecule has 1 aromatic carbocycles. The zero-order valence-electron chi connectivity index (χ0n) is 7.88. The van der Waals surface area contributed by atoms with Gasteiger partial charge in [0.1, 0.15) is 0 Å². The molecule has 0 atom stereocenters. The van der Waals surface area contributed by atoms with Crippen molar-refractivity contribution in [2.75, 3.05) is 0 Å². The molecule has 1 rings (SSSR count). The third-order valence-corrected chi connectivity index (χ3v) is 1.86. The summed E-state index contributed by atoms with van der Waals surface area (Å²) in [5.74, 6) is 0. The molecule has 64 valence electrons. The fourth-order valence-electron chi connectivity index (χ4n) is 1.30. The molecule has 0 nitrogen and oxygen atoms in total. The molecule has 0 bridgehead atoms. The lowest BCUT2D eigenvalue weighted by Crippen LogP contribution is -1.76. The van der Waals surface area contributed by atoms with E-state index in [0.29, 0.717) is 0 Å². The van der Waals surface area contributed by atoms with Crippen LogP contribution in [0.25, 0.3) is 6.08 Å². The monoisotopic (exact) mass is 160 g/mol. The highest BCUT2D eigenvalue weighted by molar-refractivity contribution is 5.51. The van der Waals surface area contributed by atoms with Crippen LogP contribution in [0.5, 0.6) is 0 Å². The van der Waals surface area contributed by atoms with E-state index in [0.717, 1.165) is 0 Å². The summed E-state index contributed by atoms with van der Waals surface area (Å²) in [5, 5.41) is 0. The van der Waals surface area contributed by atoms with E-state index in [9.17, 15) is 0 Å². The lowest BCUT2D eigenvalue weighted by molar-refractivity contribution is 0.912. The largest absolute Gasteiger partial charge is 0.0727 e. The van der Waals surface area contributed by atoms with Crippen molar-refractivity contribution in [3.05, 3.63) is 41.5 Å². The smallest absolute Gasteiger partial charge is 0.0257 e. The molecule has 0 saturated carbocycles. The van der Waals surface area contributed by atoms with E-state index in [1.54, 1.807) is 0 Å². The summed E-state index contributed by atoms with van der Waals surface area (Å²) in [7, 11) is 0. The highest BCUT2D eigenvalue weighted by Crippen LogP contribution is 2.09. The van der Waals surface area contributed by atoms with Gasteiger partial charge in [0, 0.05) is 0 Å². The Kier molecular flexibility index (Phi) is 3.59. The number of hydrogen-bond donors (Lipinski definition) is 0. The van der Waals surface area contributed by atoms with Gasteiger partial charge in [-0.15, -0.1) is 0 Å². The third-order valence-electron chi connectivity index (χ3n) is 1.86. The van der Waals surface area contributed by atoms with Crippen LogP contribution >= 0.6 is 0 Å². The molecule has 0 aromatic heterocycles. The van der Waals surface area contributed by atoms with Gasteiger partial charge in [-0.2, -0.15) is 0 Å². The molecule has 0 aliphatic rings. The standard InChI is InChI=1S/C12H16/c1-3-7-11(2)10-12-8-5-4-6-9-12/h4-6,8-10H,3,7H2,1-2H3/b11-10-. The zero-order chi connectivity index (χ0) is 8.81. The van der Waals surface area contributed by atoms with E-state index in [4.69, 9.17) is 0 Å². The first-order chi connectivity index (χ1) is 5.83. The topological polar surface area (TPSA) is 0 Å². The van der Waals surface area contributed by atoms with Gasteiger partial charge in [0.25, 0.3) is 0 Å². The Morgan fingerprint density at radius 2 is 1.92 bits per heavy atom. The zero-order valence-corrected chi connectivity index (χ0v) is 7.88. The van der Waals surface area contributed by atoms with Crippen molar-refractivity contribution in [1.82, 2.24) is 0 Å². The number of benzene rings is 1. The van der Waals surface area contributed by atoms with Crippen molar-refractivity contribution in [3.63, 3.8) is 0 Å². The van der Waals surface area contributed by atoms with Gasteiger partial charge in [-0.05, 0) is 18.9 Å². The van der Waals surface area contributed by atoms with Crippen LogP contribution in [0.1, 0.15) is 32.3 Å². The Hall–Kier alpha value is -1.04. The van der Waals surface area contributed by atoms with E-state index in [2.05, 4.69) is 44.2 Å². The minimum atomic E-state index is 1.20. The molecule has 0 heteroatoms. The number of hydrogen-bond acceptors (Lipinski definition) is 0. The molecular weight excluding hydrogens is 144 g/mol. The SMILES string of the molecule is CCC/C(C)=C\c1ccccc1. The third kappa shape index (κ3) is 2.91. The first kappa shape index (κ1) is 9.05. The van der Waals surface area contributed by atoms with Crippen LogP contribution < -0.4 is 0 Å². The van der Waals surface area contributed by atoms with E-state index in [1.807, 2.05) is 6.07 Å². The summed E-state index contributed by atoms with van der Waals surface area (Å²) in [6.07, 6.45) is 4.69. The van der Waals surface area contributed by atoms with Crippen molar-refractivity contribution >= 4 is 6.08 Å². The molecule has 0 aliphatic heterocycles. The van der Waals surface area contributed by atoms with Crippen molar-refractivity contribution in [2.24, 2.45) is 0 Å². The first-order valence-corrected chi connectivity index (χ1v) is 4.55. The lowest BCUT2D eigenvalue weighted by atomic mass is 10.1. The van der Waals surface area contributed by atoms with Gasteiger partial charge in [-0.25, -0.2) is 0 Å². The summed E-state index contributed by atoms with van der Waals surface area (Å²) < 4.78 is 0. The van der Waals surface area contributed by atoms with Gasteiger partial charge in [0.15, 0.2) is 0 Å². The van der Waals surface area contributed by atoms with Gasteiger partial charge in [-0.3, -0.25) is 0 Å². The fourth-order valence-corrected chi connectivity index (χ4v) is 1.30. The first-order valence-electron chi connectivity index (χ1n) is 4.55. The summed E-state index contributed by atoms with van der Waals surface area (Å²) in [6, 6.07) is 10.5. The van der Waals surface area contributed by atoms with Crippen molar-refractivity contribution in [3.8, 4) is 0 Å². The molecule has 0 aliphatic carbocycles. The van der Waals surface area contributed by atoms with E-state index >= 15 is 0 Å². The molecule has 0 N–H and O–H groups in total. The van der Waals surface area contributed by atoms with Crippen LogP contribution in [0.3, 0.4) is 0 Å². The molecule has 0 radical (unpaired) electrons. The van der Waals surface area contributed by atoms with Gasteiger partial charge in [-0.1, -0.05) is 55.3 Å². The molecular formula is C12H16. The molecule has 0 fully saturated rings. The van der Waals surface area contributed by atoms with Crippen LogP contribution in [0.2, 0.25) is 0 Å². The maximum absolute atomic E-state index is 2.25. The van der Waals surface area contributed by atoms with Crippen molar-refractivity contribution in [2.45, 2.75) is 26.7 Å². The summed E-state index contributed by atoms with van der Waals surface area (Å²) in [6.45, 7) is 4.40. The Morgan fingerprint density at radius 3 is 2.50 bits per heavy atom. The second-order valence-electron chi connectivity index (χ2n) is 3.15. The normalized spacial score (nSPS) is 11.7. The van der Waals surface area contributed by atoms with Gasteiger partial charge < -0.3 is 0 Å². The maximum atomic E-state index is 2.25. The van der Waals surface area contributed by atoms with E-state index < -0.39 is 0 Å². The average molecular weight is 160 g/mol. The number of rotatable bonds is 3. The molecule has 0 heterocycles. The predicted octanol–water partition coefficient (Wildman–Crippen LogP) is 3.89. The van der Waals surface area contributed by atoms with Crippen LogP contribution in [0.4, 0.5) is 0 Å². The predicted molar refractivity (Wildman–Crippen MR) is 55.0 cm³/mol. The minimum absolute atomic E-state index is 1.20. The summed E-state index contributed by atoms with van der Waals surface area (Å²) in [5.41, 5.74) is 2.77. The minimum Gasteiger partial charge on any atom is -0.0727 e. The van der Waals surface area contributed by atoms with E-state index in [1.165, 1.54) is 24.0 Å². The molecule has 0 saturated heterocycles. The Labute approximate surface area is 74.9 Å². The fraction of sp³-hybridized carbons (Fsp3) is 0.333. The van der Waals surface area contributed by atoms with Gasteiger partial charge in [0.2, 0.25) is 0 Å². The molecule has 12 heavy (non-hydrogen) atoms. The van der Waals surface area contributed by atoms with E-state index in [-0.39, 0.29) is 0 Å². The van der Waals surface area contributed by atoms with Crippen molar-refractivity contribution in [1.29, 1.82) is 0 Å². The second kappa shape index (κ2) is 4.76. The number of allylic oxidation sites excluding steroid dienone is 1. The quantitative estimate of drug-likeness (QED) is 0.629. The molecule has 1 aromatic rings. The summed E-state index contributed by atoms with van der Waals surface area (Å²) in [4.78, 5) is 0. The van der Waals surface area contributed by atoms with Crippen LogP contribution in [0.15, 0.2) is 35.9 Å². The second-order valence-corrected chi connectivity index (χ2v) is 3.15. The molecule has 0 amide bonds. The Morgan fingerprint density at radius 1 is 1.25 bits per heavy atom. The highest BCUT2D eigenvalue weighted by Gasteiger charge is 1.88. The lowest BCUT2D eigenvalue weighted by Gasteiger charge is -1.97. The van der Waals surface area contributed by atoms with Crippen LogP contribution in [0, 0.1) is 0 Å². The molecule has 0 unspecified atom stereocenters. The summed E-state index contributed by atoms with van der Waals surface area (Å²) >= 11 is 0. The van der Waals surface area contributed by atoms with Gasteiger partial charge in [0.05, 0.1) is 0 Å². The Bertz CT molecular complexity index is 244. The highest BCUT2D eigenvalue weighted by atomic mass is 13.9. The average Bonchev–Trinajstić information content (AvgIpc) is 2.06.